The molecule has 0 aliphatic carbocycles. The average molecular weight is 456 g/mol. The minimum atomic E-state index is -0.439. The van der Waals surface area contributed by atoms with Crippen LogP contribution in [0.2, 0.25) is 0 Å². The van der Waals surface area contributed by atoms with Crippen LogP contribution in [0.4, 0.5) is 0 Å². The highest BCUT2D eigenvalue weighted by molar-refractivity contribution is 6.03. The molecule has 0 fully saturated rings. The van der Waals surface area contributed by atoms with Crippen molar-refractivity contribution in [2.24, 2.45) is 0 Å². The molecule has 2 heterocycles. The molecule has 4 aromatic carbocycles. The minimum absolute atomic E-state index is 0.173. The number of aromatic hydroxyl groups is 1. The summed E-state index contributed by atoms with van der Waals surface area (Å²) >= 11 is 0. The Hall–Kier alpha value is -4.83. The first-order valence-corrected chi connectivity index (χ1v) is 11.3. The molecule has 1 N–H and O–H groups in total. The van der Waals surface area contributed by atoms with E-state index in [1.807, 2.05) is 36.4 Å². The molecule has 0 radical (unpaired) electrons. The summed E-state index contributed by atoms with van der Waals surface area (Å²) in [6.07, 6.45) is 5.30. The fourth-order valence-electron chi connectivity index (χ4n) is 4.35. The first-order chi connectivity index (χ1) is 17.2. The molecule has 0 amide bonds. The lowest BCUT2D eigenvalue weighted by atomic mass is 9.99. The molecule has 6 rings (SSSR count). The molecule has 0 spiro atoms. The second kappa shape index (κ2) is 8.50. The molecule has 35 heavy (non-hydrogen) atoms. The molecule has 168 valence electrons. The fourth-order valence-corrected chi connectivity index (χ4v) is 4.35. The van der Waals surface area contributed by atoms with E-state index in [1.54, 1.807) is 36.6 Å². The van der Waals surface area contributed by atoms with Gasteiger partial charge in [0.15, 0.2) is 0 Å². The predicted molar refractivity (Wildman–Crippen MR) is 140 cm³/mol. The van der Waals surface area contributed by atoms with Crippen LogP contribution in [0.3, 0.4) is 0 Å². The number of rotatable bonds is 4. The zero-order valence-corrected chi connectivity index (χ0v) is 18.6. The van der Waals surface area contributed by atoms with Crippen LogP contribution in [0, 0.1) is 0 Å². The van der Waals surface area contributed by atoms with E-state index < -0.39 is 5.63 Å². The van der Waals surface area contributed by atoms with Gasteiger partial charge in [0.25, 0.3) is 0 Å². The number of hydrogen-bond donors (Lipinski definition) is 1. The summed E-state index contributed by atoms with van der Waals surface area (Å²) < 4.78 is 11.5. The minimum Gasteiger partial charge on any atom is -0.507 e. The second-order valence-corrected chi connectivity index (χ2v) is 8.35. The van der Waals surface area contributed by atoms with Crippen molar-refractivity contribution >= 4 is 34.1 Å². The van der Waals surface area contributed by atoms with E-state index >= 15 is 0 Å². The first kappa shape index (κ1) is 20.8. The monoisotopic (exact) mass is 456 g/mol. The zero-order valence-electron chi connectivity index (χ0n) is 18.6. The lowest BCUT2D eigenvalue weighted by Gasteiger charge is -2.05. The smallest absolute Gasteiger partial charge is 0.336 e. The largest absolute Gasteiger partial charge is 0.507 e. The van der Waals surface area contributed by atoms with E-state index in [0.29, 0.717) is 22.3 Å². The molecule has 4 heteroatoms. The second-order valence-electron chi connectivity index (χ2n) is 8.35. The van der Waals surface area contributed by atoms with E-state index in [-0.39, 0.29) is 5.75 Å². The Morgan fingerprint density at radius 3 is 2.09 bits per heavy atom. The lowest BCUT2D eigenvalue weighted by Crippen LogP contribution is -1.97. The Kier molecular flexibility index (Phi) is 5.04. The Morgan fingerprint density at radius 2 is 1.29 bits per heavy atom. The number of hydrogen-bond acceptors (Lipinski definition) is 4. The van der Waals surface area contributed by atoms with Crippen molar-refractivity contribution in [3.8, 4) is 28.0 Å². The van der Waals surface area contributed by atoms with Gasteiger partial charge in [-0.25, -0.2) is 4.79 Å². The maximum atomic E-state index is 12.3. The summed E-state index contributed by atoms with van der Waals surface area (Å²) in [6.45, 7) is 0. The van der Waals surface area contributed by atoms with Crippen molar-refractivity contribution in [1.29, 1.82) is 0 Å². The summed E-state index contributed by atoms with van der Waals surface area (Å²) in [5.41, 5.74) is 6.33. The van der Waals surface area contributed by atoms with Crippen molar-refractivity contribution in [3.05, 3.63) is 125 Å². The number of benzene rings is 4. The number of phenolic OH excluding ortho intramolecular Hbond substituents is 1. The molecule has 0 aliphatic heterocycles. The number of fused-ring (bicyclic) bond motifs is 2. The molecule has 0 bridgehead atoms. The topological polar surface area (TPSA) is 63.6 Å². The molecular formula is C31H20O4. The molecule has 0 atom stereocenters. The van der Waals surface area contributed by atoms with Crippen molar-refractivity contribution < 1.29 is 13.9 Å². The molecule has 0 saturated heterocycles. The maximum absolute atomic E-state index is 12.3. The summed E-state index contributed by atoms with van der Waals surface area (Å²) in [5, 5.41) is 11.7. The average Bonchev–Trinajstić information content (AvgIpc) is 3.30. The fraction of sp³-hybridized carbons (Fsp3) is 0. The Labute approximate surface area is 201 Å². The van der Waals surface area contributed by atoms with Gasteiger partial charge in [-0.15, -0.1) is 0 Å². The van der Waals surface area contributed by atoms with Gasteiger partial charge in [0.1, 0.15) is 16.9 Å². The van der Waals surface area contributed by atoms with Gasteiger partial charge >= 0.3 is 5.63 Å². The molecule has 0 unspecified atom stereocenters. The Bertz CT molecular complexity index is 1750. The van der Waals surface area contributed by atoms with E-state index in [0.717, 1.165) is 33.0 Å². The molecule has 2 aromatic heterocycles. The third-order valence-corrected chi connectivity index (χ3v) is 6.15. The van der Waals surface area contributed by atoms with Gasteiger partial charge in [0.05, 0.1) is 6.26 Å². The highest BCUT2D eigenvalue weighted by atomic mass is 16.4. The van der Waals surface area contributed by atoms with Crippen molar-refractivity contribution in [2.75, 3.05) is 0 Å². The molecule has 0 saturated carbocycles. The Morgan fingerprint density at radius 1 is 0.629 bits per heavy atom. The van der Waals surface area contributed by atoms with Gasteiger partial charge < -0.3 is 13.9 Å². The summed E-state index contributed by atoms with van der Waals surface area (Å²) in [6, 6.07) is 30.8. The van der Waals surface area contributed by atoms with Crippen LogP contribution in [0.1, 0.15) is 11.1 Å². The van der Waals surface area contributed by atoms with Crippen LogP contribution < -0.4 is 5.63 Å². The van der Waals surface area contributed by atoms with Crippen LogP contribution in [-0.2, 0) is 0 Å². The third-order valence-electron chi connectivity index (χ3n) is 6.15. The lowest BCUT2D eigenvalue weighted by molar-refractivity contribution is 0.474. The number of phenols is 1. The molecule has 4 nitrogen and oxygen atoms in total. The van der Waals surface area contributed by atoms with Gasteiger partial charge in [-0.2, -0.15) is 0 Å². The van der Waals surface area contributed by atoms with Gasteiger partial charge in [0, 0.05) is 28.0 Å². The van der Waals surface area contributed by atoms with Crippen molar-refractivity contribution in [2.45, 2.75) is 0 Å². The van der Waals surface area contributed by atoms with Crippen molar-refractivity contribution in [1.82, 2.24) is 0 Å². The molecular weight excluding hydrogens is 436 g/mol. The van der Waals surface area contributed by atoms with Gasteiger partial charge in [-0.3, -0.25) is 0 Å². The quantitative estimate of drug-likeness (QED) is 0.276. The standard InChI is InChI=1S/C31H20O4/c32-28-9-5-4-8-23(28)14-15-24-16-31(33)35-30-18-26-27(19-34-29(26)17-25(24)30)22-12-10-21(11-13-22)20-6-2-1-3-7-20/h1-19,32H/b15-14+. The highest BCUT2D eigenvalue weighted by Crippen LogP contribution is 2.35. The normalized spacial score (nSPS) is 11.5. The van der Waals surface area contributed by atoms with Crippen LogP contribution in [0.5, 0.6) is 5.75 Å². The SMILES string of the molecule is O=c1cc(/C=C/c2ccccc2O)c2cc3occ(-c4ccc(-c5ccccc5)cc4)c3cc2o1. The van der Waals surface area contributed by atoms with Gasteiger partial charge in [-0.1, -0.05) is 84.9 Å². The van der Waals surface area contributed by atoms with Crippen LogP contribution >= 0.6 is 0 Å². The summed E-state index contributed by atoms with van der Waals surface area (Å²) in [4.78, 5) is 12.3. The Balaban J connectivity index is 1.43. The number of para-hydroxylation sites is 1. The van der Waals surface area contributed by atoms with E-state index in [4.69, 9.17) is 8.83 Å². The third kappa shape index (κ3) is 3.91. The maximum Gasteiger partial charge on any atom is 0.336 e. The first-order valence-electron chi connectivity index (χ1n) is 11.3. The van der Waals surface area contributed by atoms with Crippen LogP contribution in [0.25, 0.3) is 56.3 Å². The van der Waals surface area contributed by atoms with Gasteiger partial charge in [-0.05, 0) is 40.5 Å². The van der Waals surface area contributed by atoms with E-state index in [2.05, 4.69) is 36.4 Å². The van der Waals surface area contributed by atoms with E-state index in [9.17, 15) is 9.90 Å². The molecule has 0 aliphatic rings. The molecule has 6 aromatic rings. The van der Waals surface area contributed by atoms with Crippen LogP contribution in [-0.4, -0.2) is 5.11 Å². The zero-order chi connectivity index (χ0) is 23.8. The van der Waals surface area contributed by atoms with E-state index in [1.165, 1.54) is 6.07 Å². The van der Waals surface area contributed by atoms with Crippen molar-refractivity contribution in [3.63, 3.8) is 0 Å². The predicted octanol–water partition coefficient (Wildman–Crippen LogP) is 7.75. The summed E-state index contributed by atoms with van der Waals surface area (Å²) in [7, 11) is 0. The van der Waals surface area contributed by atoms with Crippen LogP contribution in [0.15, 0.2) is 117 Å². The van der Waals surface area contributed by atoms with Gasteiger partial charge in [0.2, 0.25) is 0 Å². The summed E-state index contributed by atoms with van der Waals surface area (Å²) in [5.74, 6) is 0.173. The number of furan rings is 1. The highest BCUT2D eigenvalue weighted by Gasteiger charge is 2.13.